The van der Waals surface area contributed by atoms with Crippen LogP contribution in [0.2, 0.25) is 5.02 Å². The van der Waals surface area contributed by atoms with Crippen molar-refractivity contribution in [3.8, 4) is 0 Å². The van der Waals surface area contributed by atoms with Gasteiger partial charge in [-0.2, -0.15) is 26.3 Å². The Kier molecular flexibility index (Phi) is 5.80. The summed E-state index contributed by atoms with van der Waals surface area (Å²) in [6.07, 6.45) is -8.73. The predicted octanol–water partition coefficient (Wildman–Crippen LogP) is 6.70. The number of rotatable bonds is 0. The van der Waals surface area contributed by atoms with E-state index in [0.717, 1.165) is 23.5 Å². The molecule has 3 rings (SSSR count). The van der Waals surface area contributed by atoms with Gasteiger partial charge in [-0.25, -0.2) is 0 Å². The number of fused-ring (bicyclic) bond motifs is 1. The lowest BCUT2D eigenvalue weighted by molar-refractivity contribution is -0.137. The third-order valence-corrected chi connectivity index (χ3v) is 5.34. The Labute approximate surface area is 150 Å². The van der Waals surface area contributed by atoms with E-state index in [1.807, 2.05) is 0 Å². The molecule has 1 heterocycles. The molecule has 0 fully saturated rings. The summed E-state index contributed by atoms with van der Waals surface area (Å²) in [6, 6.07) is 8.74. The van der Waals surface area contributed by atoms with E-state index in [0.29, 0.717) is 16.0 Å². The van der Waals surface area contributed by atoms with E-state index in [4.69, 9.17) is 11.6 Å². The Hall–Kier alpha value is -1.58. The Bertz CT molecular complexity index is 926. The first kappa shape index (κ1) is 19.7. The molecule has 0 saturated carbocycles. The first-order valence-electron chi connectivity index (χ1n) is 6.41. The molecule has 1 aromatic heterocycles. The molecule has 0 N–H and O–H groups in total. The van der Waals surface area contributed by atoms with Gasteiger partial charge in [-0.05, 0) is 24.3 Å². The lowest BCUT2D eigenvalue weighted by atomic mass is 10.2. The summed E-state index contributed by atoms with van der Waals surface area (Å²) in [4.78, 5) is 10.9. The zero-order chi connectivity index (χ0) is 18.8. The van der Waals surface area contributed by atoms with Crippen LogP contribution < -0.4 is 4.06 Å². The van der Waals surface area contributed by atoms with Crippen molar-refractivity contribution in [1.82, 2.24) is 0 Å². The highest BCUT2D eigenvalue weighted by atomic mass is 35.5. The number of halogens is 7. The van der Waals surface area contributed by atoms with Crippen LogP contribution >= 0.6 is 34.3 Å². The van der Waals surface area contributed by atoms with Gasteiger partial charge in [0.2, 0.25) is 0 Å². The topological polar surface area (TPSA) is 17.1 Å². The quantitative estimate of drug-likeness (QED) is 0.373. The zero-order valence-corrected chi connectivity index (χ0v) is 14.3. The van der Waals surface area contributed by atoms with Crippen molar-refractivity contribution in [2.24, 2.45) is 0 Å². The van der Waals surface area contributed by atoms with Gasteiger partial charge in [-0.15, -0.1) is 0 Å². The highest BCUT2D eigenvalue weighted by Crippen LogP contribution is 2.37. The van der Waals surface area contributed by atoms with Gasteiger partial charge in [0.1, 0.15) is 0 Å². The van der Waals surface area contributed by atoms with Crippen LogP contribution in [0.5, 0.6) is 0 Å². The lowest BCUT2D eigenvalue weighted by Crippen LogP contribution is -2.04. The molecule has 0 unspecified atom stereocenters. The lowest BCUT2D eigenvalue weighted by Gasteiger charge is -2.06. The second-order valence-corrected chi connectivity index (χ2v) is 7.23. The molecule has 0 saturated heterocycles. The molecule has 0 radical (unpaired) electrons. The molecule has 0 atom stereocenters. The highest BCUT2D eigenvalue weighted by Gasteiger charge is 2.33. The summed E-state index contributed by atoms with van der Waals surface area (Å²) >= 11 is 6.78. The molecule has 10 heteroatoms. The maximum Gasteiger partial charge on any atom is 0.417 e. The van der Waals surface area contributed by atoms with Crippen LogP contribution in [0.3, 0.4) is 0 Å². The third kappa shape index (κ3) is 4.96. The second-order valence-electron chi connectivity index (χ2n) is 4.56. The van der Waals surface area contributed by atoms with Crippen molar-refractivity contribution < 1.29 is 26.3 Å². The average molecular weight is 417 g/mol. The smallest absolute Gasteiger partial charge is 0.265 e. The molecule has 0 spiro atoms. The Balaban J connectivity index is 0.000000186. The van der Waals surface area contributed by atoms with Crippen LogP contribution in [0.4, 0.5) is 26.3 Å². The van der Waals surface area contributed by atoms with Crippen LogP contribution in [-0.4, -0.2) is 0 Å². The fraction of sp³-hybridized carbons (Fsp3) is 0.133. The fourth-order valence-electron chi connectivity index (χ4n) is 1.81. The van der Waals surface area contributed by atoms with Gasteiger partial charge in [-0.1, -0.05) is 52.5 Å². The Morgan fingerprint density at radius 2 is 1.32 bits per heavy atom. The predicted molar refractivity (Wildman–Crippen MR) is 87.4 cm³/mol. The molecule has 3 aromatic rings. The number of benzene rings is 2. The molecule has 0 amide bonds. The Morgan fingerprint density at radius 1 is 0.760 bits per heavy atom. The van der Waals surface area contributed by atoms with Crippen molar-refractivity contribution in [1.29, 1.82) is 0 Å². The largest absolute Gasteiger partial charge is 0.417 e. The van der Waals surface area contributed by atoms with E-state index in [9.17, 15) is 31.1 Å². The Morgan fingerprint density at radius 3 is 1.84 bits per heavy atom. The van der Waals surface area contributed by atoms with Gasteiger partial charge in [0.25, 0.3) is 4.06 Å². The van der Waals surface area contributed by atoms with Crippen LogP contribution in [0.15, 0.2) is 47.3 Å². The van der Waals surface area contributed by atoms with Crippen molar-refractivity contribution >= 4 is 43.7 Å². The van der Waals surface area contributed by atoms with Crippen molar-refractivity contribution in [3.63, 3.8) is 0 Å². The molecular formula is C15H7ClF6OS2. The maximum atomic E-state index is 12.4. The van der Waals surface area contributed by atoms with Gasteiger partial charge < -0.3 is 0 Å². The number of hydrogen-bond acceptors (Lipinski definition) is 3. The summed E-state index contributed by atoms with van der Waals surface area (Å²) < 4.78 is 73.3. The summed E-state index contributed by atoms with van der Waals surface area (Å²) in [6.45, 7) is 0. The first-order valence-corrected chi connectivity index (χ1v) is 8.43. The van der Waals surface area contributed by atoms with E-state index in [2.05, 4.69) is 0 Å². The third-order valence-electron chi connectivity index (χ3n) is 2.84. The van der Waals surface area contributed by atoms with Crippen molar-refractivity contribution in [2.45, 2.75) is 12.4 Å². The summed E-state index contributed by atoms with van der Waals surface area (Å²) in [5.74, 6) is 0. The van der Waals surface area contributed by atoms with Crippen LogP contribution in [0.1, 0.15) is 11.1 Å². The van der Waals surface area contributed by atoms with E-state index in [-0.39, 0.29) is 13.8 Å². The average Bonchev–Trinajstić information content (AvgIpc) is 2.86. The second kappa shape index (κ2) is 7.35. The molecule has 0 aliphatic carbocycles. The molecule has 25 heavy (non-hydrogen) atoms. The molecule has 2 aromatic carbocycles. The molecule has 1 nitrogen and oxygen atoms in total. The van der Waals surface area contributed by atoms with E-state index in [1.54, 1.807) is 0 Å². The zero-order valence-electron chi connectivity index (χ0n) is 11.9. The monoisotopic (exact) mass is 416 g/mol. The minimum absolute atomic E-state index is 0.0370. The van der Waals surface area contributed by atoms with Gasteiger partial charge in [0, 0.05) is 4.70 Å². The van der Waals surface area contributed by atoms with Crippen molar-refractivity contribution in [2.75, 3.05) is 0 Å². The molecular weight excluding hydrogens is 410 g/mol. The fourth-order valence-corrected chi connectivity index (χ4v) is 4.15. The van der Waals surface area contributed by atoms with Crippen LogP contribution in [0, 0.1) is 0 Å². The highest BCUT2D eigenvalue weighted by molar-refractivity contribution is 7.35. The summed E-state index contributed by atoms with van der Waals surface area (Å²) in [5.41, 5.74) is -1.51. The van der Waals surface area contributed by atoms with Gasteiger partial charge >= 0.3 is 12.4 Å². The van der Waals surface area contributed by atoms with Gasteiger partial charge in [0.15, 0.2) is 0 Å². The number of alkyl halides is 6. The first-order chi connectivity index (χ1) is 11.5. The van der Waals surface area contributed by atoms with E-state index >= 15 is 0 Å². The van der Waals surface area contributed by atoms with Crippen LogP contribution in [-0.2, 0) is 12.4 Å². The minimum atomic E-state index is -4.39. The molecule has 134 valence electrons. The normalized spacial score (nSPS) is 12.0. The van der Waals surface area contributed by atoms with E-state index < -0.39 is 23.5 Å². The van der Waals surface area contributed by atoms with E-state index in [1.165, 1.54) is 30.3 Å². The standard InChI is InChI=1S/C8H3F3OS2.C7H4ClF3/c9-8(10,11)4-2-1-3-5-6(4)14-7(12)13-5;8-6-4-2-1-3-5(6)7(9,10)11/h1-3H;1-4H. The number of hydrogen-bond donors (Lipinski definition) is 0. The molecule has 0 bridgehead atoms. The van der Waals surface area contributed by atoms with Gasteiger partial charge in [-0.3, -0.25) is 4.79 Å². The summed E-state index contributed by atoms with van der Waals surface area (Å²) in [5, 5.41) is -0.264. The molecule has 0 aliphatic rings. The maximum absolute atomic E-state index is 12.4. The van der Waals surface area contributed by atoms with Gasteiger partial charge in [0.05, 0.1) is 20.8 Å². The van der Waals surface area contributed by atoms with Crippen LogP contribution in [0.25, 0.3) is 9.40 Å². The summed E-state index contributed by atoms with van der Waals surface area (Å²) in [7, 11) is 0. The minimum Gasteiger partial charge on any atom is -0.265 e. The van der Waals surface area contributed by atoms with Crippen molar-refractivity contribution in [3.05, 3.63) is 67.5 Å². The molecule has 0 aliphatic heterocycles. The SMILES string of the molecule is FC(F)(F)c1ccccc1Cl.O=c1sc2cccc(C(F)(F)F)c2s1.